The summed E-state index contributed by atoms with van der Waals surface area (Å²) < 4.78 is 38.7. The largest absolute Gasteiger partial charge is 0.508 e. The summed E-state index contributed by atoms with van der Waals surface area (Å²) in [6.45, 7) is 4.70. The molecule has 3 aromatic carbocycles. The summed E-state index contributed by atoms with van der Waals surface area (Å²) in [6.07, 6.45) is -1.17. The number of fused-ring (bicyclic) bond motifs is 2. The lowest BCUT2D eigenvalue weighted by atomic mass is 9.91. The van der Waals surface area contributed by atoms with E-state index in [-0.39, 0.29) is 50.8 Å². The number of aromatic hydroxyl groups is 1. The van der Waals surface area contributed by atoms with Gasteiger partial charge in [-0.05, 0) is 72.5 Å². The van der Waals surface area contributed by atoms with Gasteiger partial charge in [-0.2, -0.15) is 8.78 Å². The standard InChI is InChI=1S/C38H39F2N5O6/c1-23-30(35(47)42(3)27-8-10-29(46)11-9-27)19-34(41(23)2)31-18-33-26(21-45(37(49)50)38(33,39)40)17-32(31)36(48)44-20-25-7-5-4-6-24(25)16-28(44)22-43-12-14-51-15-13-43/h4-11,17-19,28,46H,12-16,20-22H2,1-3H3,(H,49,50)/t28-/m0/s1. The number of ether oxygens (including phenoxy) is 1. The number of benzene rings is 3. The van der Waals surface area contributed by atoms with Gasteiger partial charge in [0.1, 0.15) is 5.75 Å². The van der Waals surface area contributed by atoms with Crippen LogP contribution in [-0.2, 0) is 37.3 Å². The fourth-order valence-electron chi connectivity index (χ4n) is 7.42. The number of amides is 3. The third-order valence-corrected chi connectivity index (χ3v) is 10.5. The number of alkyl halides is 2. The number of aromatic nitrogens is 1. The van der Waals surface area contributed by atoms with E-state index >= 15 is 8.78 Å². The monoisotopic (exact) mass is 699 g/mol. The Labute approximate surface area is 293 Å². The van der Waals surface area contributed by atoms with Crippen LogP contribution in [0.2, 0.25) is 0 Å². The molecule has 0 unspecified atom stereocenters. The minimum Gasteiger partial charge on any atom is -0.508 e. The molecular formula is C38H39F2N5O6. The first-order chi connectivity index (χ1) is 24.3. The Balaban J connectivity index is 1.34. The van der Waals surface area contributed by atoms with Crippen LogP contribution >= 0.6 is 0 Å². The summed E-state index contributed by atoms with van der Waals surface area (Å²) in [5.41, 5.74) is 3.72. The van der Waals surface area contributed by atoms with Gasteiger partial charge < -0.3 is 29.3 Å². The van der Waals surface area contributed by atoms with Crippen LogP contribution in [0.4, 0.5) is 19.3 Å². The molecule has 3 aliphatic rings. The number of hydrogen-bond donors (Lipinski definition) is 2. The number of nitrogens with zero attached hydrogens (tertiary/aromatic N) is 5. The van der Waals surface area contributed by atoms with Crippen LogP contribution in [0.3, 0.4) is 0 Å². The first kappa shape index (κ1) is 34.2. The van der Waals surface area contributed by atoms with Gasteiger partial charge in [0, 0.05) is 80.1 Å². The van der Waals surface area contributed by atoms with Crippen LogP contribution < -0.4 is 4.90 Å². The number of morpholine rings is 1. The van der Waals surface area contributed by atoms with E-state index in [4.69, 9.17) is 4.74 Å². The average molecular weight is 700 g/mol. The number of carbonyl (C=O) groups is 3. The van der Waals surface area contributed by atoms with Gasteiger partial charge in [-0.25, -0.2) is 9.69 Å². The molecule has 2 N–H and O–H groups in total. The van der Waals surface area contributed by atoms with E-state index in [2.05, 4.69) is 11.0 Å². The second-order valence-corrected chi connectivity index (χ2v) is 13.4. The SMILES string of the molecule is Cc1c(C(=O)N(C)c2ccc(O)cc2)cc(-c2cc3c(cc2C(=O)N2Cc4ccccc4C[C@H]2CN2CCOCC2)CN(C(=O)O)C3(F)F)n1C. The summed E-state index contributed by atoms with van der Waals surface area (Å²) in [5.74, 6) is -0.700. The molecule has 1 saturated heterocycles. The Morgan fingerprint density at radius 1 is 0.941 bits per heavy atom. The summed E-state index contributed by atoms with van der Waals surface area (Å²) in [6, 6.07) is 14.2. The van der Waals surface area contributed by atoms with Crippen LogP contribution in [-0.4, -0.2) is 93.3 Å². The van der Waals surface area contributed by atoms with E-state index in [1.165, 1.54) is 29.2 Å². The molecule has 51 heavy (non-hydrogen) atoms. The van der Waals surface area contributed by atoms with E-state index in [9.17, 15) is 24.6 Å². The minimum atomic E-state index is -3.83. The molecule has 4 heterocycles. The van der Waals surface area contributed by atoms with Gasteiger partial charge in [0.15, 0.2) is 0 Å². The van der Waals surface area contributed by atoms with Crippen molar-refractivity contribution in [2.24, 2.45) is 7.05 Å². The number of phenols is 1. The quantitative estimate of drug-likeness (QED) is 0.258. The molecule has 3 amide bonds. The van der Waals surface area contributed by atoms with Gasteiger partial charge in [0.05, 0.1) is 25.3 Å². The van der Waals surface area contributed by atoms with E-state index in [1.807, 2.05) is 18.2 Å². The minimum absolute atomic E-state index is 0.0472. The zero-order valence-corrected chi connectivity index (χ0v) is 28.6. The highest BCUT2D eigenvalue weighted by atomic mass is 19.3. The van der Waals surface area contributed by atoms with Gasteiger partial charge in [-0.1, -0.05) is 24.3 Å². The average Bonchev–Trinajstić information content (AvgIpc) is 3.57. The van der Waals surface area contributed by atoms with E-state index in [0.717, 1.165) is 24.2 Å². The highest BCUT2D eigenvalue weighted by Crippen LogP contribution is 2.45. The molecule has 0 bridgehead atoms. The molecule has 4 aromatic rings. The molecule has 1 fully saturated rings. The number of carboxylic acid groups (broad SMARTS) is 1. The van der Waals surface area contributed by atoms with Gasteiger partial charge in [0.25, 0.3) is 11.8 Å². The van der Waals surface area contributed by atoms with Crippen molar-refractivity contribution >= 4 is 23.6 Å². The summed E-state index contributed by atoms with van der Waals surface area (Å²) in [7, 11) is 3.29. The number of hydrogen-bond acceptors (Lipinski definition) is 6. The summed E-state index contributed by atoms with van der Waals surface area (Å²) in [5, 5.41) is 19.4. The molecule has 13 heteroatoms. The van der Waals surface area contributed by atoms with E-state index in [0.29, 0.717) is 49.8 Å². The molecule has 1 aromatic heterocycles. The Kier molecular flexibility index (Phi) is 8.80. The lowest BCUT2D eigenvalue weighted by molar-refractivity contribution is -0.126. The van der Waals surface area contributed by atoms with Crippen LogP contribution in [0.5, 0.6) is 5.75 Å². The number of rotatable bonds is 6. The third-order valence-electron chi connectivity index (χ3n) is 10.5. The maximum atomic E-state index is 15.7. The second-order valence-electron chi connectivity index (χ2n) is 13.4. The van der Waals surface area contributed by atoms with Crippen molar-refractivity contribution in [3.63, 3.8) is 0 Å². The second kappa shape index (κ2) is 13.1. The first-order valence-electron chi connectivity index (χ1n) is 16.8. The van der Waals surface area contributed by atoms with Crippen molar-refractivity contribution in [1.82, 2.24) is 19.3 Å². The van der Waals surface area contributed by atoms with Gasteiger partial charge in [-0.15, -0.1) is 0 Å². The lowest BCUT2D eigenvalue weighted by Gasteiger charge is -2.40. The maximum absolute atomic E-state index is 15.7. The fraction of sp³-hybridized carbons (Fsp3) is 0.342. The van der Waals surface area contributed by atoms with Crippen LogP contribution in [0, 0.1) is 6.92 Å². The summed E-state index contributed by atoms with van der Waals surface area (Å²) >= 11 is 0. The van der Waals surface area contributed by atoms with E-state index in [1.54, 1.807) is 48.7 Å². The van der Waals surface area contributed by atoms with Gasteiger partial charge in [-0.3, -0.25) is 14.5 Å². The Bertz CT molecular complexity index is 2020. The molecule has 0 radical (unpaired) electrons. The van der Waals surface area contributed by atoms with Crippen molar-refractivity contribution in [3.05, 3.63) is 106 Å². The number of carbonyl (C=O) groups excluding carboxylic acids is 2. The number of phenolic OH excluding ortho intramolecular Hbond substituents is 1. The zero-order valence-electron chi connectivity index (χ0n) is 28.6. The molecule has 0 aliphatic carbocycles. The van der Waals surface area contributed by atoms with Crippen LogP contribution in [0.1, 0.15) is 48.7 Å². The molecule has 266 valence electrons. The lowest BCUT2D eigenvalue weighted by Crippen LogP contribution is -2.52. The topological polar surface area (TPSA) is 119 Å². The first-order valence-corrected chi connectivity index (χ1v) is 16.8. The summed E-state index contributed by atoms with van der Waals surface area (Å²) in [4.78, 5) is 46.3. The van der Waals surface area contributed by atoms with Gasteiger partial charge in [0.2, 0.25) is 0 Å². The molecule has 0 spiro atoms. The highest BCUT2D eigenvalue weighted by molar-refractivity contribution is 6.08. The number of halogens is 2. The molecule has 1 atom stereocenters. The molecular weight excluding hydrogens is 660 g/mol. The highest BCUT2D eigenvalue weighted by Gasteiger charge is 2.50. The van der Waals surface area contributed by atoms with Crippen LogP contribution in [0.25, 0.3) is 11.3 Å². The smallest absolute Gasteiger partial charge is 0.412 e. The number of anilines is 1. The Morgan fingerprint density at radius 2 is 1.63 bits per heavy atom. The molecule has 3 aliphatic heterocycles. The Hall–Kier alpha value is -5.27. The Morgan fingerprint density at radius 3 is 2.31 bits per heavy atom. The maximum Gasteiger partial charge on any atom is 0.412 e. The van der Waals surface area contributed by atoms with Crippen molar-refractivity contribution in [3.8, 4) is 17.0 Å². The normalized spacial score (nSPS) is 18.3. The fourth-order valence-corrected chi connectivity index (χ4v) is 7.42. The van der Waals surface area contributed by atoms with Crippen LogP contribution in [0.15, 0.2) is 66.7 Å². The van der Waals surface area contributed by atoms with E-state index < -0.39 is 24.2 Å². The molecule has 7 rings (SSSR count). The predicted molar refractivity (Wildman–Crippen MR) is 185 cm³/mol. The molecule has 0 saturated carbocycles. The third kappa shape index (κ3) is 6.10. The zero-order chi connectivity index (χ0) is 36.2. The predicted octanol–water partition coefficient (Wildman–Crippen LogP) is 5.42. The van der Waals surface area contributed by atoms with Crippen molar-refractivity contribution in [1.29, 1.82) is 0 Å². The van der Waals surface area contributed by atoms with Crippen molar-refractivity contribution < 1.29 is 38.1 Å². The van der Waals surface area contributed by atoms with Gasteiger partial charge >= 0.3 is 12.1 Å². The van der Waals surface area contributed by atoms with Crippen molar-refractivity contribution in [2.45, 2.75) is 38.5 Å². The van der Waals surface area contributed by atoms with Crippen molar-refractivity contribution in [2.75, 3.05) is 44.8 Å². The molecule has 11 nitrogen and oxygen atoms in total.